The molecule has 5 nitrogen and oxygen atoms in total. The highest BCUT2D eigenvalue weighted by atomic mass is 35.5. The average Bonchev–Trinajstić information content (AvgIpc) is 3.29. The zero-order valence-electron chi connectivity index (χ0n) is 19.7. The third-order valence-corrected chi connectivity index (χ3v) is 8.63. The van der Waals surface area contributed by atoms with Crippen LogP contribution in [0.25, 0.3) is 21.5 Å². The number of aryl methyl sites for hydroxylation is 3. The standard InChI is InChI=1S/C26H28ClN3O2S/c1-14-19(15(2)32-29-14)13-30-24-22(18-11-10-16(26(3,4)5)12-21(18)33-24)23(28-25(30)31)17-8-6-7-9-20(17)27/h6-9,16H,10-13H2,1-5H3. The number of rotatable bonds is 3. The topological polar surface area (TPSA) is 60.9 Å². The Bertz CT molecular complexity index is 1400. The van der Waals surface area contributed by atoms with Crippen LogP contribution >= 0.6 is 22.9 Å². The van der Waals surface area contributed by atoms with Gasteiger partial charge in [0.05, 0.1) is 17.9 Å². The lowest BCUT2D eigenvalue weighted by Crippen LogP contribution is -2.26. The minimum Gasteiger partial charge on any atom is -0.361 e. The molecule has 3 heterocycles. The Morgan fingerprint density at radius 3 is 2.67 bits per heavy atom. The molecule has 3 aromatic heterocycles. The van der Waals surface area contributed by atoms with Crippen molar-refractivity contribution in [2.24, 2.45) is 11.3 Å². The minimum atomic E-state index is -0.275. The molecule has 0 N–H and O–H groups in total. The lowest BCUT2D eigenvalue weighted by molar-refractivity contribution is 0.218. The zero-order chi connectivity index (χ0) is 23.5. The predicted molar refractivity (Wildman–Crippen MR) is 134 cm³/mol. The smallest absolute Gasteiger partial charge is 0.349 e. The molecule has 7 heteroatoms. The van der Waals surface area contributed by atoms with Crippen LogP contribution in [0, 0.1) is 25.2 Å². The monoisotopic (exact) mass is 481 g/mol. The van der Waals surface area contributed by atoms with Gasteiger partial charge in [0.2, 0.25) is 0 Å². The lowest BCUT2D eigenvalue weighted by Gasteiger charge is -2.33. The molecule has 0 saturated heterocycles. The molecule has 4 aromatic rings. The summed E-state index contributed by atoms with van der Waals surface area (Å²) in [6, 6.07) is 7.65. The SMILES string of the molecule is Cc1noc(C)c1Cn1c(=O)nc(-c2ccccc2Cl)c2c3c(sc21)CC(C(C)(C)C)CC3. The fourth-order valence-electron chi connectivity index (χ4n) is 4.92. The summed E-state index contributed by atoms with van der Waals surface area (Å²) in [5.74, 6) is 1.34. The highest BCUT2D eigenvalue weighted by Crippen LogP contribution is 2.45. The molecule has 0 saturated carbocycles. The number of hydrogen-bond donors (Lipinski definition) is 0. The van der Waals surface area contributed by atoms with E-state index in [-0.39, 0.29) is 11.1 Å². The molecular formula is C26H28ClN3O2S. The van der Waals surface area contributed by atoms with Crippen LogP contribution < -0.4 is 5.69 Å². The fraction of sp³-hybridized carbons (Fsp3) is 0.423. The number of halogens is 1. The number of nitrogens with zero attached hydrogens (tertiary/aromatic N) is 3. The van der Waals surface area contributed by atoms with Crippen LogP contribution in [0.5, 0.6) is 0 Å². The van der Waals surface area contributed by atoms with Gasteiger partial charge in [-0.25, -0.2) is 4.79 Å². The maximum atomic E-state index is 13.4. The second kappa shape index (κ2) is 8.10. The number of hydrogen-bond acceptors (Lipinski definition) is 5. The van der Waals surface area contributed by atoms with Crippen molar-refractivity contribution in [3.05, 3.63) is 67.2 Å². The van der Waals surface area contributed by atoms with E-state index in [4.69, 9.17) is 16.1 Å². The lowest BCUT2D eigenvalue weighted by atomic mass is 9.72. The van der Waals surface area contributed by atoms with Gasteiger partial charge in [-0.3, -0.25) is 4.57 Å². The van der Waals surface area contributed by atoms with Crippen molar-refractivity contribution in [3.8, 4) is 11.3 Å². The quantitative estimate of drug-likeness (QED) is 0.331. The Hall–Kier alpha value is -2.44. The summed E-state index contributed by atoms with van der Waals surface area (Å²) in [6.07, 6.45) is 3.15. The fourth-order valence-corrected chi connectivity index (χ4v) is 6.56. The van der Waals surface area contributed by atoms with Gasteiger partial charge in [0, 0.05) is 26.4 Å². The van der Waals surface area contributed by atoms with Crippen molar-refractivity contribution in [1.82, 2.24) is 14.7 Å². The third-order valence-electron chi connectivity index (χ3n) is 7.02. The second-order valence-electron chi connectivity index (χ2n) is 10.1. The second-order valence-corrected chi connectivity index (χ2v) is 11.6. The van der Waals surface area contributed by atoms with Gasteiger partial charge in [0.25, 0.3) is 0 Å². The zero-order valence-corrected chi connectivity index (χ0v) is 21.2. The highest BCUT2D eigenvalue weighted by molar-refractivity contribution is 7.19. The molecule has 1 unspecified atom stereocenters. The maximum absolute atomic E-state index is 13.4. The van der Waals surface area contributed by atoms with Crippen LogP contribution in [0.2, 0.25) is 5.02 Å². The van der Waals surface area contributed by atoms with Gasteiger partial charge in [0.1, 0.15) is 10.6 Å². The molecular weight excluding hydrogens is 454 g/mol. The molecule has 1 atom stereocenters. The highest BCUT2D eigenvalue weighted by Gasteiger charge is 2.33. The first-order chi connectivity index (χ1) is 15.6. The Labute approximate surface area is 202 Å². The first-order valence-electron chi connectivity index (χ1n) is 11.4. The van der Waals surface area contributed by atoms with Gasteiger partial charge in [0.15, 0.2) is 0 Å². The normalized spacial score (nSPS) is 16.4. The Morgan fingerprint density at radius 1 is 1.24 bits per heavy atom. The van der Waals surface area contributed by atoms with Gasteiger partial charge in [-0.2, -0.15) is 4.98 Å². The van der Waals surface area contributed by atoms with Crippen molar-refractivity contribution in [1.29, 1.82) is 0 Å². The van der Waals surface area contributed by atoms with Crippen LogP contribution in [0.15, 0.2) is 33.6 Å². The number of thiophene rings is 1. The summed E-state index contributed by atoms with van der Waals surface area (Å²) in [6.45, 7) is 11.2. The summed E-state index contributed by atoms with van der Waals surface area (Å²) < 4.78 is 7.15. The van der Waals surface area contributed by atoms with E-state index in [0.29, 0.717) is 23.2 Å². The van der Waals surface area contributed by atoms with Gasteiger partial charge >= 0.3 is 5.69 Å². The van der Waals surface area contributed by atoms with Gasteiger partial charge < -0.3 is 4.52 Å². The molecule has 0 bridgehead atoms. The number of aromatic nitrogens is 3. The van der Waals surface area contributed by atoms with Crippen LogP contribution in [0.4, 0.5) is 0 Å². The predicted octanol–water partition coefficient (Wildman–Crippen LogP) is 6.58. The molecule has 1 aliphatic carbocycles. The molecule has 0 aliphatic heterocycles. The van der Waals surface area contributed by atoms with Crippen molar-refractivity contribution < 1.29 is 4.52 Å². The number of fused-ring (bicyclic) bond motifs is 3. The molecule has 172 valence electrons. The number of benzene rings is 1. The molecule has 0 fully saturated rings. The molecule has 1 aliphatic rings. The van der Waals surface area contributed by atoms with Crippen LogP contribution in [-0.2, 0) is 19.4 Å². The Kier molecular flexibility index (Phi) is 5.49. The van der Waals surface area contributed by atoms with Crippen molar-refractivity contribution >= 4 is 33.2 Å². The van der Waals surface area contributed by atoms with Crippen molar-refractivity contribution in [2.75, 3.05) is 0 Å². The molecule has 0 spiro atoms. The van der Waals surface area contributed by atoms with Crippen molar-refractivity contribution in [3.63, 3.8) is 0 Å². The van der Waals surface area contributed by atoms with E-state index in [1.807, 2.05) is 38.1 Å². The van der Waals surface area contributed by atoms with E-state index in [2.05, 4.69) is 30.9 Å². The maximum Gasteiger partial charge on any atom is 0.349 e. The van der Waals surface area contributed by atoms with E-state index < -0.39 is 0 Å². The summed E-state index contributed by atoms with van der Waals surface area (Å²) in [5, 5.41) is 5.76. The first-order valence-corrected chi connectivity index (χ1v) is 12.6. The molecule has 33 heavy (non-hydrogen) atoms. The average molecular weight is 482 g/mol. The van der Waals surface area contributed by atoms with E-state index in [1.165, 1.54) is 10.4 Å². The van der Waals surface area contributed by atoms with Gasteiger partial charge in [-0.05, 0) is 56.1 Å². The van der Waals surface area contributed by atoms with E-state index >= 15 is 0 Å². The molecule has 5 rings (SSSR count). The Balaban J connectivity index is 1.77. The van der Waals surface area contributed by atoms with Gasteiger partial charge in [-0.15, -0.1) is 11.3 Å². The minimum absolute atomic E-state index is 0.244. The van der Waals surface area contributed by atoms with Crippen molar-refractivity contribution in [2.45, 2.75) is 60.4 Å². The van der Waals surface area contributed by atoms with E-state index in [0.717, 1.165) is 52.1 Å². The van der Waals surface area contributed by atoms with Gasteiger partial charge in [-0.1, -0.05) is 55.7 Å². The summed E-state index contributed by atoms with van der Waals surface area (Å²) in [7, 11) is 0. The molecule has 0 radical (unpaired) electrons. The molecule has 0 amide bonds. The summed E-state index contributed by atoms with van der Waals surface area (Å²) >= 11 is 8.31. The van der Waals surface area contributed by atoms with Crippen LogP contribution in [0.1, 0.15) is 54.7 Å². The largest absolute Gasteiger partial charge is 0.361 e. The molecule has 1 aromatic carbocycles. The van der Waals surface area contributed by atoms with E-state index in [9.17, 15) is 4.79 Å². The van der Waals surface area contributed by atoms with E-state index in [1.54, 1.807) is 15.9 Å². The van der Waals surface area contributed by atoms with Crippen LogP contribution in [-0.4, -0.2) is 14.7 Å². The van der Waals surface area contributed by atoms with Crippen LogP contribution in [0.3, 0.4) is 0 Å². The summed E-state index contributed by atoms with van der Waals surface area (Å²) in [5.41, 5.74) is 4.54. The first kappa shape index (κ1) is 22.4. The summed E-state index contributed by atoms with van der Waals surface area (Å²) in [4.78, 5) is 20.3. The third kappa shape index (κ3) is 3.83. The Morgan fingerprint density at radius 2 is 2.00 bits per heavy atom.